The maximum atomic E-state index is 12.0. The Balaban J connectivity index is 2.79. The third kappa shape index (κ3) is 4.63. The lowest BCUT2D eigenvalue weighted by molar-refractivity contribution is 0.0954. The minimum atomic E-state index is -0.951. The van der Waals surface area contributed by atoms with E-state index in [1.165, 1.54) is 0 Å². The quantitative estimate of drug-likeness (QED) is 0.852. The van der Waals surface area contributed by atoms with Gasteiger partial charge >= 0.3 is 0 Å². The van der Waals surface area contributed by atoms with E-state index in [1.54, 1.807) is 18.4 Å². The van der Waals surface area contributed by atoms with E-state index in [4.69, 9.17) is 5.73 Å². The molecule has 1 aromatic heterocycles. The molecule has 1 aromatic rings. The molecule has 0 fully saturated rings. The third-order valence-corrected chi connectivity index (χ3v) is 4.14. The van der Waals surface area contributed by atoms with Gasteiger partial charge in [0.15, 0.2) is 0 Å². The van der Waals surface area contributed by atoms with Crippen molar-refractivity contribution in [2.45, 2.75) is 31.9 Å². The molecule has 0 bridgehead atoms. The Bertz CT molecular complexity index is 489. The van der Waals surface area contributed by atoms with E-state index in [-0.39, 0.29) is 17.1 Å². The van der Waals surface area contributed by atoms with Crippen molar-refractivity contribution < 1.29 is 9.00 Å². The first-order valence-electron chi connectivity index (χ1n) is 6.19. The predicted molar refractivity (Wildman–Crippen MR) is 78.6 cm³/mol. The Morgan fingerprint density at radius 1 is 1.42 bits per heavy atom. The van der Waals surface area contributed by atoms with Crippen molar-refractivity contribution in [2.24, 2.45) is 0 Å². The zero-order chi connectivity index (χ0) is 14.6. The van der Waals surface area contributed by atoms with Gasteiger partial charge < -0.3 is 11.1 Å². The number of pyridine rings is 1. The average Bonchev–Trinajstić information content (AvgIpc) is 2.34. The Kier molecular flexibility index (Phi) is 5.47. The molecule has 6 heteroatoms. The SMILES string of the molecule is CC(C)c1cc(C(=O)NCC(C)S(C)=O)cc(N)n1. The summed E-state index contributed by atoms with van der Waals surface area (Å²) in [5, 5.41) is 2.68. The molecular formula is C13H21N3O2S. The summed E-state index contributed by atoms with van der Waals surface area (Å²) >= 11 is 0. The molecule has 0 aromatic carbocycles. The highest BCUT2D eigenvalue weighted by Crippen LogP contribution is 2.15. The lowest BCUT2D eigenvalue weighted by Crippen LogP contribution is -2.32. The molecule has 0 saturated carbocycles. The second-order valence-corrected chi connectivity index (χ2v) is 6.68. The summed E-state index contributed by atoms with van der Waals surface area (Å²) in [4.78, 5) is 16.2. The fraction of sp³-hybridized carbons (Fsp3) is 0.538. The maximum Gasteiger partial charge on any atom is 0.251 e. The van der Waals surface area contributed by atoms with E-state index in [0.717, 1.165) is 5.69 Å². The van der Waals surface area contributed by atoms with Gasteiger partial charge in [-0.2, -0.15) is 0 Å². The van der Waals surface area contributed by atoms with Crippen molar-refractivity contribution >= 4 is 22.5 Å². The molecule has 3 N–H and O–H groups in total. The van der Waals surface area contributed by atoms with E-state index in [2.05, 4.69) is 10.3 Å². The van der Waals surface area contributed by atoms with Crippen molar-refractivity contribution in [1.29, 1.82) is 0 Å². The predicted octanol–water partition coefficient (Wildman–Crippen LogP) is 1.28. The van der Waals surface area contributed by atoms with Crippen molar-refractivity contribution in [3.8, 4) is 0 Å². The minimum absolute atomic E-state index is 0.0762. The first-order chi connectivity index (χ1) is 8.81. The second-order valence-electron chi connectivity index (χ2n) is 4.88. The highest BCUT2D eigenvalue weighted by molar-refractivity contribution is 7.84. The van der Waals surface area contributed by atoms with Gasteiger partial charge in [0.2, 0.25) is 0 Å². The van der Waals surface area contributed by atoms with Gasteiger partial charge in [0, 0.05) is 40.1 Å². The fourth-order valence-corrected chi connectivity index (χ4v) is 1.77. The molecule has 0 radical (unpaired) electrons. The van der Waals surface area contributed by atoms with Crippen LogP contribution in [0, 0.1) is 0 Å². The number of carbonyl (C=O) groups is 1. The van der Waals surface area contributed by atoms with Gasteiger partial charge in [0.25, 0.3) is 5.91 Å². The highest BCUT2D eigenvalue weighted by atomic mass is 32.2. The Morgan fingerprint density at radius 2 is 2.05 bits per heavy atom. The smallest absolute Gasteiger partial charge is 0.251 e. The summed E-state index contributed by atoms with van der Waals surface area (Å²) in [6.45, 7) is 6.19. The summed E-state index contributed by atoms with van der Waals surface area (Å²) in [5.41, 5.74) is 6.98. The van der Waals surface area contributed by atoms with Crippen LogP contribution in [0.5, 0.6) is 0 Å². The molecule has 0 aliphatic carbocycles. The molecule has 106 valence electrons. The van der Waals surface area contributed by atoms with Crippen molar-refractivity contribution in [3.05, 3.63) is 23.4 Å². The van der Waals surface area contributed by atoms with Gasteiger partial charge in [-0.15, -0.1) is 0 Å². The standard InChI is InChI=1S/C13H21N3O2S/c1-8(2)11-5-10(6-12(14)16-11)13(17)15-7-9(3)19(4)18/h5-6,8-9H,7H2,1-4H3,(H2,14,16)(H,15,17). The normalized spacial score (nSPS) is 14.2. The number of nitrogens with one attached hydrogen (secondary N) is 1. The summed E-state index contributed by atoms with van der Waals surface area (Å²) in [6.07, 6.45) is 1.62. The Labute approximate surface area is 116 Å². The number of nitrogens with zero attached hydrogens (tertiary/aromatic N) is 1. The van der Waals surface area contributed by atoms with E-state index >= 15 is 0 Å². The van der Waals surface area contributed by atoms with E-state index < -0.39 is 10.8 Å². The number of aromatic nitrogens is 1. The van der Waals surface area contributed by atoms with Gasteiger partial charge in [0.05, 0.1) is 0 Å². The minimum Gasteiger partial charge on any atom is -0.384 e. The van der Waals surface area contributed by atoms with Crippen LogP contribution in [-0.4, -0.2) is 33.2 Å². The molecule has 1 amide bonds. The number of nitrogens with two attached hydrogens (primary N) is 1. The number of hydrogen-bond acceptors (Lipinski definition) is 4. The zero-order valence-corrected chi connectivity index (χ0v) is 12.6. The van der Waals surface area contributed by atoms with E-state index in [1.807, 2.05) is 20.8 Å². The molecule has 5 nitrogen and oxygen atoms in total. The van der Waals surface area contributed by atoms with Gasteiger partial charge in [-0.3, -0.25) is 9.00 Å². The van der Waals surface area contributed by atoms with Crippen LogP contribution in [0.1, 0.15) is 42.7 Å². The van der Waals surface area contributed by atoms with Gasteiger partial charge in [-0.25, -0.2) is 4.98 Å². The molecule has 2 unspecified atom stereocenters. The molecule has 0 aliphatic heterocycles. The number of hydrogen-bond donors (Lipinski definition) is 2. The molecule has 0 aliphatic rings. The van der Waals surface area contributed by atoms with Gasteiger partial charge in [-0.1, -0.05) is 13.8 Å². The van der Waals surface area contributed by atoms with Crippen LogP contribution in [-0.2, 0) is 10.8 Å². The van der Waals surface area contributed by atoms with Gasteiger partial charge in [-0.05, 0) is 25.0 Å². The lowest BCUT2D eigenvalue weighted by Gasteiger charge is -2.12. The van der Waals surface area contributed by atoms with Crippen LogP contribution in [0.3, 0.4) is 0 Å². The maximum absolute atomic E-state index is 12.0. The zero-order valence-electron chi connectivity index (χ0n) is 11.8. The van der Waals surface area contributed by atoms with Gasteiger partial charge in [0.1, 0.15) is 5.82 Å². The highest BCUT2D eigenvalue weighted by Gasteiger charge is 2.13. The topological polar surface area (TPSA) is 85.1 Å². The van der Waals surface area contributed by atoms with E-state index in [0.29, 0.717) is 17.9 Å². The molecule has 0 spiro atoms. The molecular weight excluding hydrogens is 262 g/mol. The first kappa shape index (κ1) is 15.6. The summed E-state index contributed by atoms with van der Waals surface area (Å²) in [6, 6.07) is 3.29. The average molecular weight is 283 g/mol. The molecule has 1 rings (SSSR count). The van der Waals surface area contributed by atoms with Crippen molar-refractivity contribution in [3.63, 3.8) is 0 Å². The van der Waals surface area contributed by atoms with Crippen LogP contribution in [0.2, 0.25) is 0 Å². The lowest BCUT2D eigenvalue weighted by atomic mass is 10.1. The fourth-order valence-electron chi connectivity index (χ4n) is 1.46. The second kappa shape index (κ2) is 6.65. The molecule has 0 saturated heterocycles. The third-order valence-electron chi connectivity index (χ3n) is 2.84. The number of rotatable bonds is 5. The van der Waals surface area contributed by atoms with Crippen LogP contribution >= 0.6 is 0 Å². The Hall–Kier alpha value is -1.43. The summed E-state index contributed by atoms with van der Waals surface area (Å²) < 4.78 is 11.2. The number of amides is 1. The molecule has 2 atom stereocenters. The van der Waals surface area contributed by atoms with Crippen molar-refractivity contribution in [1.82, 2.24) is 10.3 Å². The monoisotopic (exact) mass is 283 g/mol. The number of anilines is 1. The van der Waals surface area contributed by atoms with Crippen LogP contribution < -0.4 is 11.1 Å². The largest absolute Gasteiger partial charge is 0.384 e. The van der Waals surface area contributed by atoms with Crippen LogP contribution in [0.15, 0.2) is 12.1 Å². The van der Waals surface area contributed by atoms with E-state index in [9.17, 15) is 9.00 Å². The number of carbonyl (C=O) groups excluding carboxylic acids is 1. The summed E-state index contributed by atoms with van der Waals surface area (Å²) in [7, 11) is -0.951. The van der Waals surface area contributed by atoms with Crippen LogP contribution in [0.25, 0.3) is 0 Å². The van der Waals surface area contributed by atoms with Crippen molar-refractivity contribution in [2.75, 3.05) is 18.5 Å². The number of nitrogen functional groups attached to an aromatic ring is 1. The summed E-state index contributed by atoms with van der Waals surface area (Å²) in [5.74, 6) is 0.328. The van der Waals surface area contributed by atoms with Crippen LogP contribution in [0.4, 0.5) is 5.82 Å². The molecule has 19 heavy (non-hydrogen) atoms. The molecule has 1 heterocycles. The first-order valence-corrected chi connectivity index (χ1v) is 7.81. The Morgan fingerprint density at radius 3 is 2.58 bits per heavy atom.